The van der Waals surface area contributed by atoms with Gasteiger partial charge in [-0.05, 0) is 87.4 Å². The molecule has 0 saturated carbocycles. The summed E-state index contributed by atoms with van der Waals surface area (Å²) in [6.45, 7) is 7.49. The van der Waals surface area contributed by atoms with Crippen LogP contribution in [0.15, 0.2) is 73.1 Å². The number of fused-ring (bicyclic) bond motifs is 2. The molecule has 0 fully saturated rings. The van der Waals surface area contributed by atoms with Gasteiger partial charge in [0.05, 0.1) is 21.3 Å². The minimum Gasteiger partial charge on any atom is -0.479 e. The van der Waals surface area contributed by atoms with E-state index in [4.69, 9.17) is 26.4 Å². The molecule has 0 amide bonds. The zero-order valence-corrected chi connectivity index (χ0v) is 25.4. The Hall–Kier alpha value is -4.11. The molecule has 6 rings (SSSR count). The number of aliphatic carboxylic acids is 1. The maximum Gasteiger partial charge on any atom is 0.337 e. The minimum absolute atomic E-state index is 0.601. The van der Waals surface area contributed by atoms with E-state index < -0.39 is 17.7 Å². The largest absolute Gasteiger partial charge is 0.479 e. The molecule has 42 heavy (non-hydrogen) atoms. The van der Waals surface area contributed by atoms with Crippen LogP contribution in [0.3, 0.4) is 0 Å². The lowest BCUT2D eigenvalue weighted by atomic mass is 9.91. The van der Waals surface area contributed by atoms with Gasteiger partial charge in [-0.25, -0.2) is 9.78 Å². The van der Waals surface area contributed by atoms with Crippen molar-refractivity contribution < 1.29 is 14.6 Å². The lowest BCUT2D eigenvalue weighted by Crippen LogP contribution is -2.28. The monoisotopic (exact) mass is 596 g/mol. The van der Waals surface area contributed by atoms with E-state index in [-0.39, 0.29) is 0 Å². The number of thiazole rings is 1. The summed E-state index contributed by atoms with van der Waals surface area (Å²) in [5.74, 6) is -1.04. The summed E-state index contributed by atoms with van der Waals surface area (Å²) in [6, 6.07) is 19.5. The normalized spacial score (nSPS) is 12.7. The molecule has 0 bridgehead atoms. The van der Waals surface area contributed by atoms with Crippen LogP contribution >= 0.6 is 22.9 Å². The highest BCUT2D eigenvalue weighted by Gasteiger charge is 2.32. The Kier molecular flexibility index (Phi) is 7.09. The number of aromatic nitrogens is 4. The molecule has 0 unspecified atom stereocenters. The Labute approximate surface area is 252 Å². The van der Waals surface area contributed by atoms with Gasteiger partial charge in [0, 0.05) is 52.1 Å². The van der Waals surface area contributed by atoms with E-state index >= 15 is 0 Å². The van der Waals surface area contributed by atoms with Gasteiger partial charge >= 0.3 is 5.97 Å². The molecular weight excluding hydrogens is 568 g/mol. The fourth-order valence-electron chi connectivity index (χ4n) is 5.28. The molecule has 9 heteroatoms. The smallest absolute Gasteiger partial charge is 0.337 e. The van der Waals surface area contributed by atoms with E-state index in [1.165, 1.54) is 11.3 Å². The molecule has 0 aliphatic heterocycles. The summed E-state index contributed by atoms with van der Waals surface area (Å²) in [7, 11) is 1.93. The number of rotatable bonds is 6. The van der Waals surface area contributed by atoms with Crippen LogP contribution in [0.1, 0.15) is 38.0 Å². The molecule has 3 aromatic carbocycles. The summed E-state index contributed by atoms with van der Waals surface area (Å²) in [4.78, 5) is 22.0. The summed E-state index contributed by atoms with van der Waals surface area (Å²) in [5.41, 5.74) is 6.91. The molecule has 7 nitrogen and oxygen atoms in total. The molecule has 1 N–H and O–H groups in total. The van der Waals surface area contributed by atoms with Crippen LogP contribution in [0, 0.1) is 6.92 Å². The van der Waals surface area contributed by atoms with Gasteiger partial charge in [0.1, 0.15) is 10.7 Å². The number of aryl methyl sites for hydroxylation is 2. The van der Waals surface area contributed by atoms with Crippen molar-refractivity contribution in [2.45, 2.75) is 39.4 Å². The molecular formula is C33H29ClN4O3S. The van der Waals surface area contributed by atoms with Crippen molar-refractivity contribution in [3.8, 4) is 33.0 Å². The molecule has 3 aromatic heterocycles. The Morgan fingerprint density at radius 3 is 2.45 bits per heavy atom. The third kappa shape index (κ3) is 5.17. The van der Waals surface area contributed by atoms with E-state index in [0.29, 0.717) is 10.6 Å². The molecule has 0 saturated heterocycles. The van der Waals surface area contributed by atoms with Crippen molar-refractivity contribution in [2.75, 3.05) is 0 Å². The first-order valence-corrected chi connectivity index (χ1v) is 14.7. The van der Waals surface area contributed by atoms with E-state index in [1.54, 1.807) is 6.20 Å². The Bertz CT molecular complexity index is 1960. The van der Waals surface area contributed by atoms with Crippen LogP contribution in [-0.4, -0.2) is 36.4 Å². The van der Waals surface area contributed by atoms with E-state index in [0.717, 1.165) is 59.6 Å². The summed E-state index contributed by atoms with van der Waals surface area (Å²) in [6.07, 6.45) is 2.39. The maximum absolute atomic E-state index is 12.6. The highest BCUT2D eigenvalue weighted by molar-refractivity contribution is 7.22. The number of ether oxygens (including phenoxy) is 1. The van der Waals surface area contributed by atoms with Gasteiger partial charge in [0.2, 0.25) is 0 Å². The standard InChI is InChI=1S/C33H29ClN4O3S/c1-18-15-24-30(27(19-8-11-22(34)12-9-19)26(18)29(32(39)40)41-33(2,3)4)42-31(36-24)20-10-13-25-23(16-20)28(37-38(25)5)21-7-6-14-35-17-21/h6-17,29H,1-5H3,(H,39,40)/t29-/m0/s1. The SMILES string of the molecule is Cc1cc2nc(-c3ccc4c(c3)c(-c3cccnc3)nn4C)sc2c(-c2ccc(Cl)cc2)c1[C@H](OC(C)(C)C)C(=O)O. The van der Waals surface area contributed by atoms with Crippen molar-refractivity contribution in [3.05, 3.63) is 89.2 Å². The second kappa shape index (κ2) is 10.6. The van der Waals surface area contributed by atoms with E-state index in [2.05, 4.69) is 17.1 Å². The zero-order valence-electron chi connectivity index (χ0n) is 23.8. The van der Waals surface area contributed by atoms with Crippen LogP contribution < -0.4 is 0 Å². The van der Waals surface area contributed by atoms with Gasteiger partial charge in [-0.2, -0.15) is 5.10 Å². The number of halogens is 1. The summed E-state index contributed by atoms with van der Waals surface area (Å²) >= 11 is 7.77. The molecule has 0 aliphatic carbocycles. The number of nitrogens with zero attached hydrogens (tertiary/aromatic N) is 4. The number of hydrogen-bond acceptors (Lipinski definition) is 6. The first-order valence-electron chi connectivity index (χ1n) is 13.5. The second-order valence-electron chi connectivity index (χ2n) is 11.3. The van der Waals surface area contributed by atoms with Gasteiger partial charge in [-0.1, -0.05) is 23.7 Å². The number of carbonyl (C=O) groups is 1. The lowest BCUT2D eigenvalue weighted by molar-refractivity contribution is -0.160. The quantitative estimate of drug-likeness (QED) is 0.207. The Balaban J connectivity index is 1.59. The Morgan fingerprint density at radius 2 is 1.79 bits per heavy atom. The predicted octanol–water partition coefficient (Wildman–Crippen LogP) is 8.48. The van der Waals surface area contributed by atoms with Crippen LogP contribution in [0.25, 0.3) is 54.1 Å². The predicted molar refractivity (Wildman–Crippen MR) is 169 cm³/mol. The van der Waals surface area contributed by atoms with Crippen molar-refractivity contribution in [1.29, 1.82) is 0 Å². The Morgan fingerprint density at radius 1 is 1.05 bits per heavy atom. The average Bonchev–Trinajstić information content (AvgIpc) is 3.52. The number of pyridine rings is 1. The van der Waals surface area contributed by atoms with E-state index in [9.17, 15) is 9.90 Å². The van der Waals surface area contributed by atoms with Crippen LogP contribution in [0.2, 0.25) is 5.02 Å². The molecule has 6 aromatic rings. The zero-order chi connectivity index (χ0) is 29.8. The first-order chi connectivity index (χ1) is 20.0. The average molecular weight is 597 g/mol. The number of carboxylic acid groups (broad SMARTS) is 1. The van der Waals surface area contributed by atoms with Crippen LogP contribution in [0.4, 0.5) is 0 Å². The molecule has 3 heterocycles. The van der Waals surface area contributed by atoms with Crippen molar-refractivity contribution in [2.24, 2.45) is 7.05 Å². The lowest BCUT2D eigenvalue weighted by Gasteiger charge is -2.28. The third-order valence-corrected chi connectivity index (χ3v) is 8.44. The first kappa shape index (κ1) is 28.0. The highest BCUT2D eigenvalue weighted by Crippen LogP contribution is 2.45. The molecule has 1 atom stereocenters. The van der Waals surface area contributed by atoms with Gasteiger partial charge in [0.15, 0.2) is 6.10 Å². The van der Waals surface area contributed by atoms with Gasteiger partial charge in [-0.15, -0.1) is 11.3 Å². The fourth-order valence-corrected chi connectivity index (χ4v) is 6.52. The van der Waals surface area contributed by atoms with Crippen molar-refractivity contribution in [3.63, 3.8) is 0 Å². The number of benzene rings is 3. The summed E-state index contributed by atoms with van der Waals surface area (Å²) in [5, 5.41) is 17.5. The van der Waals surface area contributed by atoms with E-state index in [1.807, 2.05) is 94.2 Å². The highest BCUT2D eigenvalue weighted by atomic mass is 35.5. The molecule has 0 radical (unpaired) electrons. The fraction of sp³-hybridized carbons (Fsp3) is 0.212. The molecule has 0 aliphatic rings. The topological polar surface area (TPSA) is 90.1 Å². The minimum atomic E-state index is -1.17. The van der Waals surface area contributed by atoms with Crippen LogP contribution in [0.5, 0.6) is 0 Å². The van der Waals surface area contributed by atoms with Crippen molar-refractivity contribution in [1.82, 2.24) is 19.7 Å². The second-order valence-corrected chi connectivity index (χ2v) is 12.7. The van der Waals surface area contributed by atoms with Gasteiger partial charge in [0.25, 0.3) is 0 Å². The third-order valence-electron chi connectivity index (χ3n) is 7.05. The van der Waals surface area contributed by atoms with Crippen molar-refractivity contribution >= 4 is 50.0 Å². The summed E-state index contributed by atoms with van der Waals surface area (Å²) < 4.78 is 8.90. The maximum atomic E-state index is 12.6. The molecule has 212 valence electrons. The molecule has 0 spiro atoms. The number of hydrogen-bond donors (Lipinski definition) is 1. The number of carboxylic acids is 1. The van der Waals surface area contributed by atoms with Gasteiger partial charge in [-0.3, -0.25) is 9.67 Å². The van der Waals surface area contributed by atoms with Gasteiger partial charge < -0.3 is 9.84 Å². The van der Waals surface area contributed by atoms with Crippen LogP contribution in [-0.2, 0) is 16.6 Å².